The molecular formula is C17H16N2O5. The zero-order valence-electron chi connectivity index (χ0n) is 13.5. The quantitative estimate of drug-likeness (QED) is 0.527. The monoisotopic (exact) mass is 328 g/mol. The van der Waals surface area contributed by atoms with Crippen LogP contribution in [0.3, 0.4) is 0 Å². The number of esters is 1. The third kappa shape index (κ3) is 3.57. The molecule has 1 N–H and O–H groups in total. The van der Waals surface area contributed by atoms with E-state index in [0.29, 0.717) is 16.8 Å². The number of methoxy groups -OCH3 is 1. The maximum absolute atomic E-state index is 12.4. The average Bonchev–Trinajstić information content (AvgIpc) is 2.56. The Morgan fingerprint density at radius 1 is 1.04 bits per heavy atom. The van der Waals surface area contributed by atoms with Crippen molar-refractivity contribution in [3.8, 4) is 0 Å². The highest BCUT2D eigenvalue weighted by Crippen LogP contribution is 2.22. The summed E-state index contributed by atoms with van der Waals surface area (Å²) in [5, 5.41) is 13.6. The lowest BCUT2D eigenvalue weighted by Crippen LogP contribution is -2.14. The first kappa shape index (κ1) is 17.1. The number of nitrogens with zero attached hydrogens (tertiary/aromatic N) is 1. The topological polar surface area (TPSA) is 98.5 Å². The van der Waals surface area contributed by atoms with Gasteiger partial charge in [-0.05, 0) is 37.6 Å². The van der Waals surface area contributed by atoms with Crippen molar-refractivity contribution >= 4 is 23.3 Å². The SMILES string of the molecule is COC(=O)c1ccc(C)c(NC(=O)c2ccc(C)c([N+](=O)[O-])c2)c1. The largest absolute Gasteiger partial charge is 0.465 e. The van der Waals surface area contributed by atoms with E-state index < -0.39 is 16.8 Å². The van der Waals surface area contributed by atoms with Gasteiger partial charge in [0.2, 0.25) is 0 Å². The van der Waals surface area contributed by atoms with Gasteiger partial charge in [0, 0.05) is 22.9 Å². The number of rotatable bonds is 4. The molecule has 2 rings (SSSR count). The molecule has 1 amide bonds. The van der Waals surface area contributed by atoms with Crippen LogP contribution in [0.25, 0.3) is 0 Å². The number of nitrogens with one attached hydrogen (secondary N) is 1. The minimum absolute atomic E-state index is 0.123. The van der Waals surface area contributed by atoms with Gasteiger partial charge >= 0.3 is 5.97 Å². The van der Waals surface area contributed by atoms with Crippen LogP contribution in [0.15, 0.2) is 36.4 Å². The molecule has 0 bridgehead atoms. The van der Waals surface area contributed by atoms with E-state index in [0.717, 1.165) is 5.56 Å². The Balaban J connectivity index is 2.31. The van der Waals surface area contributed by atoms with Crippen molar-refractivity contribution < 1.29 is 19.2 Å². The summed E-state index contributed by atoms with van der Waals surface area (Å²) in [6, 6.07) is 9.03. The number of ether oxygens (including phenoxy) is 1. The molecule has 0 atom stereocenters. The molecular weight excluding hydrogens is 312 g/mol. The number of aryl methyl sites for hydroxylation is 2. The van der Waals surface area contributed by atoms with Crippen molar-refractivity contribution in [2.24, 2.45) is 0 Å². The van der Waals surface area contributed by atoms with Crippen molar-refractivity contribution in [1.82, 2.24) is 0 Å². The lowest BCUT2D eigenvalue weighted by molar-refractivity contribution is -0.385. The standard InChI is InChI=1S/C17H16N2O5/c1-10-4-7-13(17(21)24-3)8-14(10)18-16(20)12-6-5-11(2)15(9-12)19(22)23/h4-9H,1-3H3,(H,18,20). The lowest BCUT2D eigenvalue weighted by atomic mass is 10.1. The molecule has 124 valence electrons. The summed E-state index contributed by atoms with van der Waals surface area (Å²) in [5.74, 6) is -1.01. The Morgan fingerprint density at radius 2 is 1.67 bits per heavy atom. The van der Waals surface area contributed by atoms with Crippen LogP contribution in [0.1, 0.15) is 31.8 Å². The summed E-state index contributed by atoms with van der Waals surface area (Å²) in [7, 11) is 1.27. The summed E-state index contributed by atoms with van der Waals surface area (Å²) >= 11 is 0. The van der Waals surface area contributed by atoms with E-state index in [9.17, 15) is 19.7 Å². The van der Waals surface area contributed by atoms with Crippen molar-refractivity contribution in [1.29, 1.82) is 0 Å². The number of carbonyl (C=O) groups is 2. The summed E-state index contributed by atoms with van der Waals surface area (Å²) in [4.78, 5) is 34.4. The number of hydrogen-bond donors (Lipinski definition) is 1. The van der Waals surface area contributed by atoms with Crippen LogP contribution in [0.2, 0.25) is 0 Å². The van der Waals surface area contributed by atoms with E-state index in [2.05, 4.69) is 10.1 Å². The van der Waals surface area contributed by atoms with Crippen LogP contribution in [-0.4, -0.2) is 23.9 Å². The smallest absolute Gasteiger partial charge is 0.337 e. The molecule has 0 aromatic heterocycles. The number of carbonyl (C=O) groups excluding carboxylic acids is 2. The summed E-state index contributed by atoms with van der Waals surface area (Å²) < 4.78 is 4.65. The van der Waals surface area contributed by atoms with Crippen molar-refractivity contribution in [2.45, 2.75) is 13.8 Å². The number of benzene rings is 2. The summed E-state index contributed by atoms with van der Waals surface area (Å²) in [6.07, 6.45) is 0. The fourth-order valence-electron chi connectivity index (χ4n) is 2.14. The van der Waals surface area contributed by atoms with Gasteiger partial charge < -0.3 is 10.1 Å². The predicted molar refractivity (Wildman–Crippen MR) is 88.3 cm³/mol. The number of hydrogen-bond acceptors (Lipinski definition) is 5. The van der Waals surface area contributed by atoms with E-state index in [-0.39, 0.29) is 11.3 Å². The third-order valence-electron chi connectivity index (χ3n) is 3.57. The second-order valence-electron chi connectivity index (χ2n) is 5.23. The number of nitro groups is 1. The van der Waals surface area contributed by atoms with Gasteiger partial charge in [-0.25, -0.2) is 4.79 Å². The summed E-state index contributed by atoms with van der Waals surface area (Å²) in [6.45, 7) is 3.37. The Labute approximate surface area is 138 Å². The van der Waals surface area contributed by atoms with Crippen LogP contribution in [0, 0.1) is 24.0 Å². The molecule has 0 aliphatic carbocycles. The van der Waals surface area contributed by atoms with Gasteiger partial charge in [-0.15, -0.1) is 0 Å². The van der Waals surface area contributed by atoms with E-state index in [4.69, 9.17) is 0 Å². The number of anilines is 1. The molecule has 0 saturated heterocycles. The molecule has 0 radical (unpaired) electrons. The molecule has 0 fully saturated rings. The molecule has 0 aliphatic rings. The van der Waals surface area contributed by atoms with Gasteiger partial charge in [0.1, 0.15) is 0 Å². The fraction of sp³-hybridized carbons (Fsp3) is 0.176. The van der Waals surface area contributed by atoms with Crippen molar-refractivity contribution in [3.05, 3.63) is 68.8 Å². The fourth-order valence-corrected chi connectivity index (χ4v) is 2.14. The second-order valence-corrected chi connectivity index (χ2v) is 5.23. The molecule has 0 saturated carbocycles. The first-order valence-corrected chi connectivity index (χ1v) is 7.09. The molecule has 7 nitrogen and oxygen atoms in total. The van der Waals surface area contributed by atoms with E-state index in [1.807, 2.05) is 0 Å². The van der Waals surface area contributed by atoms with Gasteiger partial charge in [0.25, 0.3) is 11.6 Å². The van der Waals surface area contributed by atoms with E-state index >= 15 is 0 Å². The van der Waals surface area contributed by atoms with Crippen molar-refractivity contribution in [3.63, 3.8) is 0 Å². The highest BCUT2D eigenvalue weighted by molar-refractivity contribution is 6.05. The third-order valence-corrected chi connectivity index (χ3v) is 3.57. The van der Waals surface area contributed by atoms with Crippen LogP contribution < -0.4 is 5.32 Å². The maximum Gasteiger partial charge on any atom is 0.337 e. The van der Waals surface area contributed by atoms with Gasteiger partial charge in [0.05, 0.1) is 17.6 Å². The first-order chi connectivity index (χ1) is 11.3. The van der Waals surface area contributed by atoms with Gasteiger partial charge in [0.15, 0.2) is 0 Å². The van der Waals surface area contributed by atoms with E-state index in [1.165, 1.54) is 31.4 Å². The molecule has 24 heavy (non-hydrogen) atoms. The zero-order valence-corrected chi connectivity index (χ0v) is 13.5. The zero-order chi connectivity index (χ0) is 17.9. The molecule has 0 unspecified atom stereocenters. The number of amides is 1. The average molecular weight is 328 g/mol. The number of nitro benzene ring substituents is 1. The highest BCUT2D eigenvalue weighted by Gasteiger charge is 2.16. The molecule has 0 aliphatic heterocycles. The van der Waals surface area contributed by atoms with E-state index in [1.54, 1.807) is 26.0 Å². The molecule has 0 spiro atoms. The van der Waals surface area contributed by atoms with Crippen LogP contribution in [0.5, 0.6) is 0 Å². The predicted octanol–water partition coefficient (Wildman–Crippen LogP) is 3.25. The first-order valence-electron chi connectivity index (χ1n) is 7.09. The van der Waals surface area contributed by atoms with Gasteiger partial charge in [-0.3, -0.25) is 14.9 Å². The molecule has 2 aromatic rings. The maximum atomic E-state index is 12.4. The Kier molecular flexibility index (Phi) is 4.93. The molecule has 7 heteroatoms. The Hall–Kier alpha value is -3.22. The summed E-state index contributed by atoms with van der Waals surface area (Å²) in [5.41, 5.74) is 2.00. The van der Waals surface area contributed by atoms with Crippen LogP contribution in [0.4, 0.5) is 11.4 Å². The van der Waals surface area contributed by atoms with Crippen molar-refractivity contribution in [2.75, 3.05) is 12.4 Å². The van der Waals surface area contributed by atoms with Crippen LogP contribution in [-0.2, 0) is 4.74 Å². The van der Waals surface area contributed by atoms with Gasteiger partial charge in [-0.1, -0.05) is 12.1 Å². The second kappa shape index (κ2) is 6.91. The Bertz CT molecular complexity index is 830. The van der Waals surface area contributed by atoms with Crippen LogP contribution >= 0.6 is 0 Å². The lowest BCUT2D eigenvalue weighted by Gasteiger charge is -2.10. The minimum Gasteiger partial charge on any atom is -0.465 e. The minimum atomic E-state index is -0.533. The molecule has 2 aromatic carbocycles. The van der Waals surface area contributed by atoms with Gasteiger partial charge in [-0.2, -0.15) is 0 Å². The Morgan fingerprint density at radius 3 is 2.29 bits per heavy atom. The molecule has 0 heterocycles. The normalized spacial score (nSPS) is 10.1. The highest BCUT2D eigenvalue weighted by atomic mass is 16.6.